The zero-order chi connectivity index (χ0) is 22.6. The largest absolute Gasteiger partial charge is 0.450 e. The molecular weight excluding hydrogens is 404 g/mol. The van der Waals surface area contributed by atoms with Gasteiger partial charge in [-0.05, 0) is 44.2 Å². The van der Waals surface area contributed by atoms with E-state index in [1.807, 2.05) is 57.4 Å². The molecule has 0 saturated carbocycles. The van der Waals surface area contributed by atoms with Crippen LogP contribution in [0.15, 0.2) is 58.5 Å². The third kappa shape index (κ3) is 3.17. The van der Waals surface area contributed by atoms with Crippen molar-refractivity contribution in [2.24, 2.45) is 7.05 Å². The molecule has 7 nitrogen and oxygen atoms in total. The zero-order valence-electron chi connectivity index (χ0n) is 18.7. The molecule has 0 unspecified atom stereocenters. The summed E-state index contributed by atoms with van der Waals surface area (Å²) in [4.78, 5) is 31.5. The summed E-state index contributed by atoms with van der Waals surface area (Å²) in [6.45, 7) is 5.59. The lowest BCUT2D eigenvalue weighted by Crippen LogP contribution is -2.47. The molecule has 0 radical (unpaired) electrons. The van der Waals surface area contributed by atoms with Crippen LogP contribution in [0, 0.1) is 13.8 Å². The molecule has 0 atom stereocenters. The van der Waals surface area contributed by atoms with Crippen LogP contribution in [0.5, 0.6) is 11.5 Å². The van der Waals surface area contributed by atoms with E-state index in [2.05, 4.69) is 9.88 Å². The molecule has 1 N–H and O–H groups in total. The first-order valence-corrected chi connectivity index (χ1v) is 10.7. The zero-order valence-corrected chi connectivity index (χ0v) is 18.7. The van der Waals surface area contributed by atoms with Crippen molar-refractivity contribution in [1.82, 2.24) is 19.0 Å². The highest BCUT2D eigenvalue weighted by Gasteiger charge is 2.28. The highest BCUT2D eigenvalue weighted by atomic mass is 16.5. The number of benzene rings is 1. The number of likely N-dealkylation sites (N-methyl/N-ethyl adjacent to an activating group) is 1. The van der Waals surface area contributed by atoms with E-state index < -0.39 is 0 Å². The van der Waals surface area contributed by atoms with Crippen molar-refractivity contribution in [2.45, 2.75) is 19.9 Å². The summed E-state index contributed by atoms with van der Waals surface area (Å²) in [5, 5.41) is 0.764. The first kappa shape index (κ1) is 20.3. The SMILES string of the molecule is Cc1cccc(C)c1Oc1c(-c2cn(C)c(=O)c3[nH]ccc23)ccn(C2CN(C)C2)c1=O. The predicted molar refractivity (Wildman–Crippen MR) is 126 cm³/mol. The highest BCUT2D eigenvalue weighted by Crippen LogP contribution is 2.36. The van der Waals surface area contributed by atoms with Gasteiger partial charge in [0.05, 0.1) is 6.04 Å². The smallest absolute Gasteiger partial charge is 0.294 e. The van der Waals surface area contributed by atoms with Crippen molar-refractivity contribution >= 4 is 10.9 Å². The second-order valence-electron chi connectivity index (χ2n) is 8.69. The first-order valence-electron chi connectivity index (χ1n) is 10.7. The second kappa shape index (κ2) is 7.53. The van der Waals surface area contributed by atoms with Gasteiger partial charge >= 0.3 is 0 Å². The molecule has 0 aliphatic carbocycles. The minimum absolute atomic E-state index is 0.114. The number of fused-ring (bicyclic) bond motifs is 1. The van der Waals surface area contributed by atoms with Crippen LogP contribution in [0.1, 0.15) is 17.2 Å². The van der Waals surface area contributed by atoms with Gasteiger partial charge in [0, 0.05) is 55.2 Å². The Bertz CT molecular complexity index is 1430. The molecule has 1 aliphatic heterocycles. The van der Waals surface area contributed by atoms with Crippen molar-refractivity contribution in [1.29, 1.82) is 0 Å². The Morgan fingerprint density at radius 1 is 0.938 bits per heavy atom. The fourth-order valence-corrected chi connectivity index (χ4v) is 4.52. The van der Waals surface area contributed by atoms with Crippen molar-refractivity contribution < 1.29 is 4.74 Å². The van der Waals surface area contributed by atoms with Gasteiger partial charge in [0.1, 0.15) is 11.3 Å². The molecule has 5 rings (SSSR count). The fraction of sp³-hybridized carbons (Fsp3) is 0.280. The van der Waals surface area contributed by atoms with E-state index in [1.165, 1.54) is 4.57 Å². The van der Waals surface area contributed by atoms with Crippen molar-refractivity contribution in [3.63, 3.8) is 0 Å². The fourth-order valence-electron chi connectivity index (χ4n) is 4.52. The maximum atomic E-state index is 13.7. The number of aromatic amines is 1. The molecule has 1 aromatic carbocycles. The molecule has 1 saturated heterocycles. The molecule has 164 valence electrons. The number of aromatic nitrogens is 3. The number of ether oxygens (including phenoxy) is 1. The summed E-state index contributed by atoms with van der Waals surface area (Å²) >= 11 is 0. The van der Waals surface area contributed by atoms with Crippen LogP contribution in [0.4, 0.5) is 0 Å². The molecule has 3 aromatic heterocycles. The molecule has 7 heteroatoms. The number of aryl methyl sites for hydroxylation is 3. The van der Waals surface area contributed by atoms with E-state index in [1.54, 1.807) is 24.0 Å². The van der Waals surface area contributed by atoms with Crippen LogP contribution < -0.4 is 15.9 Å². The lowest BCUT2D eigenvalue weighted by atomic mass is 10.0. The highest BCUT2D eigenvalue weighted by molar-refractivity contribution is 5.95. The number of hydrogen-bond acceptors (Lipinski definition) is 4. The van der Waals surface area contributed by atoms with Crippen molar-refractivity contribution in [2.75, 3.05) is 20.1 Å². The monoisotopic (exact) mass is 430 g/mol. The Kier molecular flexibility index (Phi) is 4.78. The number of rotatable bonds is 4. The average Bonchev–Trinajstić information content (AvgIpc) is 3.23. The van der Waals surface area contributed by atoms with Crippen LogP contribution in [0.3, 0.4) is 0 Å². The number of pyridine rings is 2. The maximum Gasteiger partial charge on any atom is 0.294 e. The summed E-state index contributed by atoms with van der Waals surface area (Å²) in [6.07, 6.45) is 5.36. The van der Waals surface area contributed by atoms with E-state index in [0.29, 0.717) is 16.8 Å². The molecule has 0 spiro atoms. The van der Waals surface area contributed by atoms with Gasteiger partial charge in [-0.3, -0.25) is 9.59 Å². The molecule has 32 heavy (non-hydrogen) atoms. The Morgan fingerprint density at radius 3 is 2.34 bits per heavy atom. The standard InChI is InChI=1S/C25H26N4O3/c1-15-6-5-7-16(2)22(15)32-23-19(9-11-29(25(23)31)17-12-27(3)13-17)20-14-28(4)24(30)21-18(20)8-10-26-21/h5-11,14,17,26H,12-13H2,1-4H3. The summed E-state index contributed by atoms with van der Waals surface area (Å²) in [5.74, 6) is 0.963. The number of likely N-dealkylation sites (tertiary alicyclic amines) is 1. The van der Waals surface area contributed by atoms with Crippen molar-refractivity contribution in [3.05, 3.63) is 80.8 Å². The van der Waals surface area contributed by atoms with Crippen LogP contribution in [-0.2, 0) is 7.05 Å². The molecule has 0 amide bonds. The third-order valence-corrected chi connectivity index (χ3v) is 6.31. The van der Waals surface area contributed by atoms with Gasteiger partial charge in [-0.1, -0.05) is 18.2 Å². The molecule has 4 aromatic rings. The Morgan fingerprint density at radius 2 is 1.66 bits per heavy atom. The van der Waals surface area contributed by atoms with Gasteiger partial charge in [0.25, 0.3) is 11.1 Å². The van der Waals surface area contributed by atoms with E-state index in [0.717, 1.165) is 35.2 Å². The number of nitrogens with one attached hydrogen (secondary N) is 1. The summed E-state index contributed by atoms with van der Waals surface area (Å²) < 4.78 is 9.69. The summed E-state index contributed by atoms with van der Waals surface area (Å²) in [7, 11) is 3.75. The molecule has 0 bridgehead atoms. The minimum atomic E-state index is -0.166. The van der Waals surface area contributed by atoms with E-state index in [-0.39, 0.29) is 22.9 Å². The van der Waals surface area contributed by atoms with Gasteiger partial charge in [0.15, 0.2) is 0 Å². The van der Waals surface area contributed by atoms with E-state index in [4.69, 9.17) is 4.74 Å². The van der Waals surface area contributed by atoms with Gasteiger partial charge in [0.2, 0.25) is 5.75 Å². The third-order valence-electron chi connectivity index (χ3n) is 6.31. The van der Waals surface area contributed by atoms with Crippen LogP contribution in [0.2, 0.25) is 0 Å². The molecule has 1 fully saturated rings. The normalized spacial score (nSPS) is 14.6. The Hall–Kier alpha value is -3.58. The van der Waals surface area contributed by atoms with Crippen molar-refractivity contribution in [3.8, 4) is 22.6 Å². The second-order valence-corrected chi connectivity index (χ2v) is 8.69. The van der Waals surface area contributed by atoms with Gasteiger partial charge in [-0.25, -0.2) is 0 Å². The summed E-state index contributed by atoms with van der Waals surface area (Å²) in [5.41, 5.74) is 3.59. The van der Waals surface area contributed by atoms with Gasteiger partial charge in [-0.2, -0.15) is 0 Å². The average molecular weight is 431 g/mol. The number of H-pyrrole nitrogens is 1. The topological polar surface area (TPSA) is 72.3 Å². The Balaban J connectivity index is 1.76. The van der Waals surface area contributed by atoms with Gasteiger partial charge in [-0.15, -0.1) is 0 Å². The van der Waals surface area contributed by atoms with Crippen LogP contribution in [-0.4, -0.2) is 39.2 Å². The lowest BCUT2D eigenvalue weighted by Gasteiger charge is -2.37. The molecule has 4 heterocycles. The maximum absolute atomic E-state index is 13.7. The van der Waals surface area contributed by atoms with E-state index in [9.17, 15) is 9.59 Å². The number of hydrogen-bond donors (Lipinski definition) is 1. The molecule has 1 aliphatic rings. The number of para-hydroxylation sites is 1. The Labute approximate surface area is 185 Å². The summed E-state index contributed by atoms with van der Waals surface area (Å²) in [6, 6.07) is 9.83. The van der Waals surface area contributed by atoms with Crippen LogP contribution in [0.25, 0.3) is 22.0 Å². The lowest BCUT2D eigenvalue weighted by molar-refractivity contribution is 0.137. The number of nitrogens with zero attached hydrogens (tertiary/aromatic N) is 3. The van der Waals surface area contributed by atoms with E-state index >= 15 is 0 Å². The minimum Gasteiger partial charge on any atom is -0.450 e. The molecular formula is C25H26N4O3. The quantitative estimate of drug-likeness (QED) is 0.537. The van der Waals surface area contributed by atoms with Crippen LogP contribution >= 0.6 is 0 Å². The first-order chi connectivity index (χ1) is 15.3. The predicted octanol–water partition coefficient (Wildman–Crippen LogP) is 3.59. The van der Waals surface area contributed by atoms with Gasteiger partial charge < -0.3 is 23.8 Å².